The zero-order valence-corrected chi connectivity index (χ0v) is 15.9. The van der Waals surface area contributed by atoms with E-state index in [4.69, 9.17) is 0 Å². The molecule has 8 heteroatoms. The molecular weight excluding hydrogens is 393 g/mol. The molecule has 1 aromatic heterocycles. The number of fused-ring (bicyclic) bond motifs is 1. The summed E-state index contributed by atoms with van der Waals surface area (Å²) in [4.78, 5) is 40.3. The molecule has 29 heavy (non-hydrogen) atoms. The maximum atomic E-state index is 13.1. The highest BCUT2D eigenvalue weighted by molar-refractivity contribution is 7.12. The van der Waals surface area contributed by atoms with Crippen molar-refractivity contribution in [2.24, 2.45) is 0 Å². The molecule has 3 aromatic rings. The second-order valence-electron chi connectivity index (χ2n) is 6.43. The van der Waals surface area contributed by atoms with E-state index in [0.717, 1.165) is 0 Å². The van der Waals surface area contributed by atoms with Gasteiger partial charge in [0, 0.05) is 5.69 Å². The van der Waals surface area contributed by atoms with Gasteiger partial charge in [-0.15, -0.1) is 11.3 Å². The van der Waals surface area contributed by atoms with Crippen LogP contribution >= 0.6 is 11.3 Å². The lowest BCUT2D eigenvalue weighted by molar-refractivity contribution is -0.122. The minimum absolute atomic E-state index is 0.241. The van der Waals surface area contributed by atoms with Crippen LogP contribution in [0, 0.1) is 5.82 Å². The van der Waals surface area contributed by atoms with Gasteiger partial charge in [0.2, 0.25) is 11.8 Å². The van der Waals surface area contributed by atoms with Crippen molar-refractivity contribution >= 4 is 46.1 Å². The smallest absolute Gasteiger partial charge is 0.269 e. The molecule has 2 heterocycles. The first-order chi connectivity index (χ1) is 14.0. The number of carbonyl (C=O) groups is 3. The van der Waals surface area contributed by atoms with Gasteiger partial charge < -0.3 is 10.6 Å². The number of nitrogens with zero attached hydrogens (tertiary/aromatic N) is 1. The monoisotopic (exact) mass is 409 g/mol. The maximum absolute atomic E-state index is 13.1. The van der Waals surface area contributed by atoms with Gasteiger partial charge in [-0.2, -0.15) is 0 Å². The molecule has 6 nitrogen and oxygen atoms in total. The van der Waals surface area contributed by atoms with Crippen LogP contribution in [0.15, 0.2) is 66.0 Å². The van der Waals surface area contributed by atoms with E-state index in [1.54, 1.807) is 41.8 Å². The summed E-state index contributed by atoms with van der Waals surface area (Å²) in [6.07, 6.45) is -0.241. The predicted octanol–water partition coefficient (Wildman–Crippen LogP) is 3.88. The van der Waals surface area contributed by atoms with Crippen molar-refractivity contribution in [2.75, 3.05) is 15.5 Å². The summed E-state index contributed by atoms with van der Waals surface area (Å²) in [5, 5.41) is 7.17. The molecule has 0 bridgehead atoms. The van der Waals surface area contributed by atoms with Gasteiger partial charge in [0.05, 0.1) is 22.7 Å². The molecular formula is C21H16FN3O3S. The predicted molar refractivity (Wildman–Crippen MR) is 110 cm³/mol. The van der Waals surface area contributed by atoms with Crippen LogP contribution in [0.4, 0.5) is 21.5 Å². The number of nitrogens with one attached hydrogen (secondary N) is 2. The molecule has 0 saturated carbocycles. The topological polar surface area (TPSA) is 78.5 Å². The van der Waals surface area contributed by atoms with Crippen LogP contribution in [-0.2, 0) is 9.59 Å². The molecule has 0 fully saturated rings. The van der Waals surface area contributed by atoms with E-state index >= 15 is 0 Å². The molecule has 1 aliphatic heterocycles. The molecule has 0 unspecified atom stereocenters. The fourth-order valence-corrected chi connectivity index (χ4v) is 3.83. The highest BCUT2D eigenvalue weighted by atomic mass is 32.1. The first-order valence-corrected chi connectivity index (χ1v) is 9.73. The lowest BCUT2D eigenvalue weighted by atomic mass is 10.0. The second kappa shape index (κ2) is 7.84. The van der Waals surface area contributed by atoms with Crippen LogP contribution in [-0.4, -0.2) is 23.8 Å². The van der Waals surface area contributed by atoms with Crippen LogP contribution < -0.4 is 15.5 Å². The minimum Gasteiger partial charge on any atom is -0.326 e. The number of hydrogen-bond acceptors (Lipinski definition) is 4. The Morgan fingerprint density at radius 2 is 1.83 bits per heavy atom. The standard InChI is InChI=1S/C21H16FN3O3S/c22-13-7-9-14(10-8-13)23-19(26)12-17-20(27)24-15-4-1-2-5-16(15)25(17)21(28)18-6-3-11-29-18/h1-11,17H,12H2,(H,23,26)(H,24,27)/t17-/m1/s1. The van der Waals surface area contributed by atoms with E-state index in [-0.39, 0.29) is 12.3 Å². The van der Waals surface area contributed by atoms with E-state index in [0.29, 0.717) is 21.9 Å². The van der Waals surface area contributed by atoms with Crippen molar-refractivity contribution in [1.29, 1.82) is 0 Å². The third kappa shape index (κ3) is 3.88. The lowest BCUT2D eigenvalue weighted by Crippen LogP contribution is -2.52. The molecule has 0 radical (unpaired) electrons. The SMILES string of the molecule is O=C(C[C@@H]1C(=O)Nc2ccccc2N1C(=O)c1cccs1)Nc1ccc(F)cc1. The van der Waals surface area contributed by atoms with Gasteiger partial charge in [-0.05, 0) is 47.8 Å². The zero-order chi connectivity index (χ0) is 20.4. The van der Waals surface area contributed by atoms with Crippen molar-refractivity contribution in [2.45, 2.75) is 12.5 Å². The van der Waals surface area contributed by atoms with E-state index < -0.39 is 23.7 Å². The van der Waals surface area contributed by atoms with E-state index in [9.17, 15) is 18.8 Å². The van der Waals surface area contributed by atoms with E-state index in [1.807, 2.05) is 0 Å². The highest BCUT2D eigenvalue weighted by Gasteiger charge is 2.38. The van der Waals surface area contributed by atoms with Gasteiger partial charge >= 0.3 is 0 Å². The third-order valence-corrected chi connectivity index (χ3v) is 5.35. The lowest BCUT2D eigenvalue weighted by Gasteiger charge is -2.35. The summed E-state index contributed by atoms with van der Waals surface area (Å²) in [6, 6.07) is 14.7. The summed E-state index contributed by atoms with van der Waals surface area (Å²) in [6.45, 7) is 0. The largest absolute Gasteiger partial charge is 0.326 e. The molecule has 146 valence electrons. The molecule has 1 atom stereocenters. The minimum atomic E-state index is -1.01. The normalized spacial score (nSPS) is 15.4. The third-order valence-electron chi connectivity index (χ3n) is 4.49. The number of hydrogen-bond donors (Lipinski definition) is 2. The molecule has 0 saturated heterocycles. The summed E-state index contributed by atoms with van der Waals surface area (Å²) in [5.41, 5.74) is 1.45. The Morgan fingerprint density at radius 3 is 2.55 bits per heavy atom. The number of benzene rings is 2. The van der Waals surface area contributed by atoms with Crippen LogP contribution in [0.1, 0.15) is 16.1 Å². The first kappa shape index (κ1) is 18.8. The van der Waals surface area contributed by atoms with Crippen LogP contribution in [0.5, 0.6) is 0 Å². The van der Waals surface area contributed by atoms with Crippen LogP contribution in [0.2, 0.25) is 0 Å². The van der Waals surface area contributed by atoms with Gasteiger partial charge in [-0.25, -0.2) is 4.39 Å². The molecule has 4 rings (SSSR count). The Morgan fingerprint density at radius 1 is 1.07 bits per heavy atom. The van der Waals surface area contributed by atoms with Crippen molar-refractivity contribution in [1.82, 2.24) is 0 Å². The Bertz CT molecular complexity index is 1070. The Kier molecular flexibility index (Phi) is 5.09. The van der Waals surface area contributed by atoms with Gasteiger partial charge in [-0.3, -0.25) is 19.3 Å². The number of para-hydroxylation sites is 2. The average Bonchev–Trinajstić information content (AvgIpc) is 3.25. The van der Waals surface area contributed by atoms with Crippen LogP contribution in [0.25, 0.3) is 0 Å². The molecule has 2 N–H and O–H groups in total. The van der Waals surface area contributed by atoms with Crippen molar-refractivity contribution < 1.29 is 18.8 Å². The number of thiophene rings is 1. The second-order valence-corrected chi connectivity index (χ2v) is 7.38. The molecule has 0 aliphatic carbocycles. The quantitative estimate of drug-likeness (QED) is 0.686. The summed E-state index contributed by atoms with van der Waals surface area (Å²) in [7, 11) is 0. The van der Waals surface area contributed by atoms with Gasteiger partial charge in [0.1, 0.15) is 11.9 Å². The number of halogens is 1. The number of amides is 3. The average molecular weight is 409 g/mol. The first-order valence-electron chi connectivity index (χ1n) is 8.85. The Labute approximate surface area is 170 Å². The van der Waals surface area contributed by atoms with Gasteiger partial charge in [0.15, 0.2) is 0 Å². The van der Waals surface area contributed by atoms with Crippen molar-refractivity contribution in [3.63, 3.8) is 0 Å². The highest BCUT2D eigenvalue weighted by Crippen LogP contribution is 2.34. The number of anilines is 3. The summed E-state index contributed by atoms with van der Waals surface area (Å²) in [5.74, 6) is -1.66. The summed E-state index contributed by atoms with van der Waals surface area (Å²) >= 11 is 1.27. The molecule has 0 spiro atoms. The zero-order valence-electron chi connectivity index (χ0n) is 15.1. The van der Waals surface area contributed by atoms with Crippen molar-refractivity contribution in [3.8, 4) is 0 Å². The Hall–Kier alpha value is -3.52. The molecule has 2 aromatic carbocycles. The van der Waals surface area contributed by atoms with Gasteiger partial charge in [-0.1, -0.05) is 18.2 Å². The fourth-order valence-electron chi connectivity index (χ4n) is 3.17. The molecule has 3 amide bonds. The maximum Gasteiger partial charge on any atom is 0.269 e. The number of rotatable bonds is 4. The van der Waals surface area contributed by atoms with Crippen molar-refractivity contribution in [3.05, 3.63) is 76.7 Å². The van der Waals surface area contributed by atoms with E-state index in [2.05, 4.69) is 10.6 Å². The summed E-state index contributed by atoms with van der Waals surface area (Å²) < 4.78 is 13.1. The molecule has 1 aliphatic rings. The Balaban J connectivity index is 1.62. The fraction of sp³-hybridized carbons (Fsp3) is 0.0952. The number of carbonyl (C=O) groups excluding carboxylic acids is 3. The van der Waals surface area contributed by atoms with E-state index in [1.165, 1.54) is 40.5 Å². The van der Waals surface area contributed by atoms with Crippen LogP contribution in [0.3, 0.4) is 0 Å². The van der Waals surface area contributed by atoms with Gasteiger partial charge in [0.25, 0.3) is 5.91 Å².